The van der Waals surface area contributed by atoms with E-state index in [0.29, 0.717) is 28.3 Å². The summed E-state index contributed by atoms with van der Waals surface area (Å²) in [5, 5.41) is 11.7. The SMILES string of the molecule is COc1ccc(/C(O)=C2\C(=O)C(=O)N(c3ccc(N(C)C)cc3)C2c2cccc(OC(C)C)c2)cc1C(C)(C)C. The number of carbonyl (C=O) groups excluding carboxylic acids is 2. The van der Waals surface area contributed by atoms with Crippen LogP contribution in [0.2, 0.25) is 0 Å². The molecule has 0 bridgehead atoms. The molecule has 0 saturated carbocycles. The highest BCUT2D eigenvalue weighted by molar-refractivity contribution is 6.51. The topological polar surface area (TPSA) is 79.3 Å². The van der Waals surface area contributed by atoms with Crippen LogP contribution in [0.5, 0.6) is 11.5 Å². The van der Waals surface area contributed by atoms with Crippen molar-refractivity contribution in [2.45, 2.75) is 52.2 Å². The summed E-state index contributed by atoms with van der Waals surface area (Å²) in [5.74, 6) is -0.397. The zero-order chi connectivity index (χ0) is 29.4. The second kappa shape index (κ2) is 11.1. The number of carbonyl (C=O) groups is 2. The van der Waals surface area contributed by atoms with Crippen molar-refractivity contribution in [1.29, 1.82) is 0 Å². The van der Waals surface area contributed by atoms with Crippen molar-refractivity contribution in [3.63, 3.8) is 0 Å². The van der Waals surface area contributed by atoms with Crippen LogP contribution in [-0.4, -0.2) is 44.1 Å². The maximum absolute atomic E-state index is 13.7. The van der Waals surface area contributed by atoms with Gasteiger partial charge in [0.15, 0.2) is 0 Å². The normalized spacial score (nSPS) is 16.9. The quantitative estimate of drug-likeness (QED) is 0.209. The van der Waals surface area contributed by atoms with Crippen molar-refractivity contribution < 1.29 is 24.2 Å². The lowest BCUT2D eigenvalue weighted by Gasteiger charge is -2.27. The smallest absolute Gasteiger partial charge is 0.300 e. The van der Waals surface area contributed by atoms with E-state index in [0.717, 1.165) is 11.3 Å². The second-order valence-corrected chi connectivity index (χ2v) is 11.5. The van der Waals surface area contributed by atoms with Crippen LogP contribution in [0.25, 0.3) is 5.76 Å². The number of methoxy groups -OCH3 is 1. The number of ketones is 1. The van der Waals surface area contributed by atoms with Crippen molar-refractivity contribution >= 4 is 28.8 Å². The highest BCUT2D eigenvalue weighted by atomic mass is 16.5. The first-order valence-corrected chi connectivity index (χ1v) is 13.4. The molecule has 210 valence electrons. The van der Waals surface area contributed by atoms with Gasteiger partial charge in [0.25, 0.3) is 11.7 Å². The molecular formula is C33H38N2O5. The van der Waals surface area contributed by atoms with E-state index in [2.05, 4.69) is 0 Å². The summed E-state index contributed by atoms with van der Waals surface area (Å²) in [4.78, 5) is 30.7. The van der Waals surface area contributed by atoms with Gasteiger partial charge in [-0.2, -0.15) is 0 Å². The summed E-state index contributed by atoms with van der Waals surface area (Å²) in [6.07, 6.45) is -0.0599. The first-order chi connectivity index (χ1) is 18.8. The van der Waals surface area contributed by atoms with Gasteiger partial charge in [-0.05, 0) is 79.4 Å². The minimum atomic E-state index is -0.860. The van der Waals surface area contributed by atoms with Gasteiger partial charge in [0, 0.05) is 36.6 Å². The van der Waals surface area contributed by atoms with E-state index >= 15 is 0 Å². The van der Waals surface area contributed by atoms with Gasteiger partial charge < -0.3 is 19.5 Å². The van der Waals surface area contributed by atoms with E-state index in [4.69, 9.17) is 9.47 Å². The van der Waals surface area contributed by atoms with Crippen molar-refractivity contribution in [3.05, 3.63) is 89.0 Å². The third-order valence-corrected chi connectivity index (χ3v) is 6.92. The van der Waals surface area contributed by atoms with Gasteiger partial charge in [-0.25, -0.2) is 0 Å². The standard InChI is InChI=1S/C33H38N2O5/c1-20(2)40-25-11-9-10-21(18-25)29-28(30(36)22-12-17-27(39-8)26(19-22)33(3,4)5)31(37)32(38)35(29)24-15-13-23(14-16-24)34(6)7/h9-20,29,36H,1-8H3/b30-28+. The van der Waals surface area contributed by atoms with Gasteiger partial charge in [-0.1, -0.05) is 32.9 Å². The van der Waals surface area contributed by atoms with Crippen LogP contribution < -0.4 is 19.3 Å². The molecule has 0 spiro atoms. The first kappa shape index (κ1) is 28.7. The molecule has 1 amide bonds. The van der Waals surface area contributed by atoms with E-state index in [1.54, 1.807) is 19.2 Å². The highest BCUT2D eigenvalue weighted by Crippen LogP contribution is 2.44. The maximum Gasteiger partial charge on any atom is 0.300 e. The van der Waals surface area contributed by atoms with Crippen molar-refractivity contribution in [2.24, 2.45) is 0 Å². The number of amides is 1. The molecular weight excluding hydrogens is 504 g/mol. The Morgan fingerprint density at radius 1 is 0.975 bits per heavy atom. The van der Waals surface area contributed by atoms with Crippen LogP contribution in [0.15, 0.2) is 72.3 Å². The molecule has 4 rings (SSSR count). The van der Waals surface area contributed by atoms with Gasteiger partial charge in [0.1, 0.15) is 17.3 Å². The average molecular weight is 543 g/mol. The monoisotopic (exact) mass is 542 g/mol. The van der Waals surface area contributed by atoms with Crippen LogP contribution >= 0.6 is 0 Å². The minimum Gasteiger partial charge on any atom is -0.507 e. The molecule has 7 nitrogen and oxygen atoms in total. The lowest BCUT2D eigenvalue weighted by Crippen LogP contribution is -2.29. The molecule has 1 fully saturated rings. The van der Waals surface area contributed by atoms with E-state index in [1.165, 1.54) is 4.90 Å². The molecule has 0 aromatic heterocycles. The van der Waals surface area contributed by atoms with Gasteiger partial charge in [0.2, 0.25) is 0 Å². The summed E-state index contributed by atoms with van der Waals surface area (Å²) in [5.41, 5.74) is 3.20. The Hall–Kier alpha value is -4.26. The fraction of sp³-hybridized carbons (Fsp3) is 0.333. The Labute approximate surface area is 236 Å². The molecule has 7 heteroatoms. The number of Topliss-reactive ketones (excluding diaryl/α,β-unsaturated/α-hetero) is 1. The number of benzene rings is 3. The molecule has 1 heterocycles. The van der Waals surface area contributed by atoms with E-state index in [9.17, 15) is 14.7 Å². The number of anilines is 2. The number of hydrogen-bond acceptors (Lipinski definition) is 6. The van der Waals surface area contributed by atoms with Crippen LogP contribution in [0.4, 0.5) is 11.4 Å². The molecule has 1 aliphatic heterocycles. The van der Waals surface area contributed by atoms with Gasteiger partial charge in [0.05, 0.1) is 24.8 Å². The second-order valence-electron chi connectivity index (χ2n) is 11.5. The fourth-order valence-corrected chi connectivity index (χ4v) is 4.95. The summed E-state index contributed by atoms with van der Waals surface area (Å²) in [6.45, 7) is 10.0. The van der Waals surface area contributed by atoms with E-state index < -0.39 is 17.7 Å². The number of hydrogen-bond donors (Lipinski definition) is 1. The molecule has 0 aliphatic carbocycles. The van der Waals surface area contributed by atoms with Crippen LogP contribution in [0.3, 0.4) is 0 Å². The highest BCUT2D eigenvalue weighted by Gasteiger charge is 2.47. The average Bonchev–Trinajstić information content (AvgIpc) is 3.17. The minimum absolute atomic E-state index is 0.0217. The Balaban J connectivity index is 1.94. The lowest BCUT2D eigenvalue weighted by molar-refractivity contribution is -0.132. The summed E-state index contributed by atoms with van der Waals surface area (Å²) < 4.78 is 11.5. The largest absolute Gasteiger partial charge is 0.507 e. The molecule has 40 heavy (non-hydrogen) atoms. The molecule has 1 aliphatic rings. The number of aliphatic hydroxyl groups excluding tert-OH is 1. The Morgan fingerprint density at radius 3 is 2.23 bits per heavy atom. The molecule has 1 atom stereocenters. The molecule has 3 aromatic carbocycles. The van der Waals surface area contributed by atoms with Crippen LogP contribution in [0, 0.1) is 0 Å². The first-order valence-electron chi connectivity index (χ1n) is 13.4. The summed E-state index contributed by atoms with van der Waals surface area (Å²) >= 11 is 0. The van der Waals surface area contributed by atoms with Crippen LogP contribution in [-0.2, 0) is 15.0 Å². The molecule has 1 unspecified atom stereocenters. The van der Waals surface area contributed by atoms with Crippen molar-refractivity contribution in [1.82, 2.24) is 0 Å². The van der Waals surface area contributed by atoms with Gasteiger partial charge in [-0.3, -0.25) is 14.5 Å². The third-order valence-electron chi connectivity index (χ3n) is 6.92. The number of aliphatic hydroxyl groups is 1. The molecule has 3 aromatic rings. The number of nitrogens with zero attached hydrogens (tertiary/aromatic N) is 2. The predicted molar refractivity (Wildman–Crippen MR) is 159 cm³/mol. The van der Waals surface area contributed by atoms with Gasteiger partial charge in [-0.15, -0.1) is 0 Å². The van der Waals surface area contributed by atoms with Crippen molar-refractivity contribution in [2.75, 3.05) is 31.0 Å². The molecule has 1 N–H and O–H groups in total. The number of ether oxygens (including phenoxy) is 2. The van der Waals surface area contributed by atoms with Gasteiger partial charge >= 0.3 is 0 Å². The summed E-state index contributed by atoms with van der Waals surface area (Å²) in [7, 11) is 5.47. The maximum atomic E-state index is 13.7. The zero-order valence-electron chi connectivity index (χ0n) is 24.5. The Kier molecular flexibility index (Phi) is 7.96. The number of rotatable bonds is 7. The van der Waals surface area contributed by atoms with Crippen LogP contribution in [0.1, 0.15) is 57.4 Å². The molecule has 1 saturated heterocycles. The summed E-state index contributed by atoms with van der Waals surface area (Å²) in [6, 6.07) is 19.2. The fourth-order valence-electron chi connectivity index (χ4n) is 4.95. The predicted octanol–water partition coefficient (Wildman–Crippen LogP) is 6.47. The van der Waals surface area contributed by atoms with Crippen molar-refractivity contribution in [3.8, 4) is 11.5 Å². The lowest BCUT2D eigenvalue weighted by atomic mass is 9.84. The Morgan fingerprint density at radius 2 is 1.65 bits per heavy atom. The zero-order valence-corrected chi connectivity index (χ0v) is 24.5. The van der Waals surface area contributed by atoms with E-state index in [1.807, 2.05) is 108 Å². The Bertz CT molecular complexity index is 1450. The molecule has 0 radical (unpaired) electrons. The third kappa shape index (κ3) is 5.55. The van der Waals surface area contributed by atoms with E-state index in [-0.39, 0.29) is 22.9 Å².